The summed E-state index contributed by atoms with van der Waals surface area (Å²) in [5, 5.41) is 10.4. The first-order chi connectivity index (χ1) is 8.95. The van der Waals surface area contributed by atoms with Crippen molar-refractivity contribution >= 4 is 28.9 Å². The summed E-state index contributed by atoms with van der Waals surface area (Å²) < 4.78 is 5.61. The number of aryl methyl sites for hydroxylation is 1. The van der Waals surface area contributed by atoms with Crippen LogP contribution in [0.3, 0.4) is 0 Å². The number of thiocarbonyl (C=S) groups is 1. The van der Waals surface area contributed by atoms with Crippen LogP contribution in [0.1, 0.15) is 31.3 Å². The number of carbonyl (C=O) groups is 1. The van der Waals surface area contributed by atoms with Gasteiger partial charge in [-0.1, -0.05) is 12.2 Å². The molecule has 1 aliphatic heterocycles. The van der Waals surface area contributed by atoms with E-state index in [2.05, 4.69) is 11.2 Å². The van der Waals surface area contributed by atoms with Gasteiger partial charge in [-0.2, -0.15) is 0 Å². The largest absolute Gasteiger partial charge is 0.465 e. The molecule has 1 unspecified atom stereocenters. The van der Waals surface area contributed by atoms with Crippen molar-refractivity contribution in [1.29, 1.82) is 5.41 Å². The molecule has 1 aromatic heterocycles. The molecule has 4 nitrogen and oxygen atoms in total. The number of hydrogen-bond donors (Lipinski definition) is 2. The second kappa shape index (κ2) is 4.96. The van der Waals surface area contributed by atoms with Crippen LogP contribution in [0, 0.1) is 12.3 Å². The molecule has 1 aliphatic rings. The molecule has 98 valence electrons. The Hall–Kier alpha value is -1.97. The van der Waals surface area contributed by atoms with Crippen molar-refractivity contribution in [1.82, 2.24) is 5.32 Å². The first kappa shape index (κ1) is 13.5. The van der Waals surface area contributed by atoms with Crippen molar-refractivity contribution in [2.24, 2.45) is 0 Å². The normalized spacial score (nSPS) is 19.2. The summed E-state index contributed by atoms with van der Waals surface area (Å²) in [5.41, 5.74) is 1.73. The molecule has 0 amide bonds. The van der Waals surface area contributed by atoms with Gasteiger partial charge in [0, 0.05) is 11.3 Å². The second-order valence-electron chi connectivity index (χ2n) is 4.47. The molecule has 1 atom stereocenters. The SMILES string of the molecule is CC(=O)C1=C(C)NC(=S)C(=C=N)C1c1ccc(C)o1. The fourth-order valence-corrected chi connectivity index (χ4v) is 2.61. The summed E-state index contributed by atoms with van der Waals surface area (Å²) >= 11 is 5.21. The van der Waals surface area contributed by atoms with E-state index in [1.807, 2.05) is 19.1 Å². The monoisotopic (exact) mass is 274 g/mol. The van der Waals surface area contributed by atoms with Gasteiger partial charge in [0.25, 0.3) is 0 Å². The minimum atomic E-state index is -0.447. The average Bonchev–Trinajstić information content (AvgIpc) is 2.74. The quantitative estimate of drug-likeness (QED) is 0.494. The molecule has 2 N–H and O–H groups in total. The Kier molecular flexibility index (Phi) is 3.51. The Morgan fingerprint density at radius 1 is 1.47 bits per heavy atom. The standard InChI is InChI=1S/C14H14N2O2S/c1-7-4-5-11(18-7)13-10(6-15)14(19)16-8(2)12(13)9(3)17/h4-5,13,15H,1-3H3,(H,16,19). The molecular weight excluding hydrogens is 260 g/mol. The third-order valence-electron chi connectivity index (χ3n) is 3.09. The lowest BCUT2D eigenvalue weighted by Gasteiger charge is -2.27. The summed E-state index contributed by atoms with van der Waals surface area (Å²) in [6, 6.07) is 3.64. The predicted molar refractivity (Wildman–Crippen MR) is 76.5 cm³/mol. The van der Waals surface area contributed by atoms with Crippen molar-refractivity contribution in [2.45, 2.75) is 26.7 Å². The van der Waals surface area contributed by atoms with E-state index >= 15 is 0 Å². The first-order valence-electron chi connectivity index (χ1n) is 5.84. The van der Waals surface area contributed by atoms with Gasteiger partial charge in [0.05, 0.1) is 11.5 Å². The van der Waals surface area contributed by atoms with Gasteiger partial charge in [0.2, 0.25) is 0 Å². The number of nitrogens with one attached hydrogen (secondary N) is 2. The van der Waals surface area contributed by atoms with E-state index in [0.717, 1.165) is 5.76 Å². The van der Waals surface area contributed by atoms with E-state index in [0.29, 0.717) is 27.6 Å². The molecule has 19 heavy (non-hydrogen) atoms. The molecule has 1 aromatic rings. The summed E-state index contributed by atoms with van der Waals surface area (Å²) in [4.78, 5) is 12.3. The lowest BCUT2D eigenvalue weighted by Crippen LogP contribution is -2.34. The Morgan fingerprint density at radius 3 is 2.63 bits per heavy atom. The smallest absolute Gasteiger partial charge is 0.158 e. The second-order valence-corrected chi connectivity index (χ2v) is 4.88. The molecule has 0 saturated heterocycles. The number of carbonyl (C=O) groups excluding carboxylic acids is 1. The summed E-state index contributed by atoms with van der Waals surface area (Å²) in [7, 11) is 0. The molecule has 0 fully saturated rings. The minimum Gasteiger partial charge on any atom is -0.465 e. The zero-order valence-corrected chi connectivity index (χ0v) is 11.8. The van der Waals surface area contributed by atoms with Crippen molar-refractivity contribution in [3.63, 3.8) is 0 Å². The van der Waals surface area contributed by atoms with Crippen molar-refractivity contribution < 1.29 is 9.21 Å². The highest BCUT2D eigenvalue weighted by molar-refractivity contribution is 7.80. The van der Waals surface area contributed by atoms with Gasteiger partial charge >= 0.3 is 0 Å². The van der Waals surface area contributed by atoms with Crippen LogP contribution < -0.4 is 5.32 Å². The highest BCUT2D eigenvalue weighted by atomic mass is 32.1. The maximum absolute atomic E-state index is 11.9. The summed E-state index contributed by atoms with van der Waals surface area (Å²) in [6.07, 6.45) is 0. The molecule has 0 radical (unpaired) electrons. The van der Waals surface area contributed by atoms with E-state index in [-0.39, 0.29) is 5.78 Å². The average molecular weight is 274 g/mol. The van der Waals surface area contributed by atoms with Gasteiger partial charge in [0.15, 0.2) is 5.78 Å². The molecule has 0 saturated carbocycles. The van der Waals surface area contributed by atoms with Gasteiger partial charge < -0.3 is 9.73 Å². The Labute approximate surface area is 116 Å². The molecule has 2 rings (SSSR count). The fourth-order valence-electron chi connectivity index (χ4n) is 2.29. The fraction of sp³-hybridized carbons (Fsp3) is 0.286. The van der Waals surface area contributed by atoms with E-state index in [1.165, 1.54) is 6.92 Å². The van der Waals surface area contributed by atoms with Crippen LogP contribution in [0.15, 0.2) is 33.4 Å². The van der Waals surface area contributed by atoms with Crippen LogP contribution in [-0.2, 0) is 4.79 Å². The predicted octanol–water partition coefficient (Wildman–Crippen LogP) is 2.64. The van der Waals surface area contributed by atoms with Gasteiger partial charge in [-0.3, -0.25) is 10.2 Å². The summed E-state index contributed by atoms with van der Waals surface area (Å²) in [6.45, 7) is 5.13. The number of allylic oxidation sites excluding steroid dienone is 2. The highest BCUT2D eigenvalue weighted by Crippen LogP contribution is 2.36. The number of rotatable bonds is 2. The molecule has 0 bridgehead atoms. The van der Waals surface area contributed by atoms with E-state index in [9.17, 15) is 4.79 Å². The van der Waals surface area contributed by atoms with Crippen molar-refractivity contribution in [3.8, 4) is 0 Å². The van der Waals surface area contributed by atoms with Crippen LogP contribution in [0.4, 0.5) is 0 Å². The Morgan fingerprint density at radius 2 is 2.16 bits per heavy atom. The van der Waals surface area contributed by atoms with Gasteiger partial charge in [-0.25, -0.2) is 0 Å². The van der Waals surface area contributed by atoms with E-state index < -0.39 is 5.92 Å². The van der Waals surface area contributed by atoms with Crippen molar-refractivity contribution in [2.75, 3.05) is 0 Å². The van der Waals surface area contributed by atoms with Gasteiger partial charge in [-0.05, 0) is 38.8 Å². The Balaban J connectivity index is 2.68. The summed E-state index contributed by atoms with van der Waals surface area (Å²) in [5.74, 6) is 3.18. The zero-order chi connectivity index (χ0) is 14.2. The lowest BCUT2D eigenvalue weighted by atomic mass is 9.83. The van der Waals surface area contributed by atoms with Crippen LogP contribution in [0.2, 0.25) is 0 Å². The maximum atomic E-state index is 11.9. The third-order valence-corrected chi connectivity index (χ3v) is 3.41. The van der Waals surface area contributed by atoms with Crippen LogP contribution in [-0.4, -0.2) is 16.6 Å². The molecule has 0 aliphatic carbocycles. The van der Waals surface area contributed by atoms with E-state index in [4.69, 9.17) is 22.0 Å². The molecule has 2 heterocycles. The third kappa shape index (κ3) is 2.30. The zero-order valence-electron chi connectivity index (χ0n) is 11.0. The number of Topliss-reactive ketones (excluding diaryl/α,β-unsaturated/α-hetero) is 1. The van der Waals surface area contributed by atoms with Crippen molar-refractivity contribution in [3.05, 3.63) is 40.5 Å². The maximum Gasteiger partial charge on any atom is 0.158 e. The van der Waals surface area contributed by atoms with Crippen LogP contribution >= 0.6 is 12.2 Å². The lowest BCUT2D eigenvalue weighted by molar-refractivity contribution is -0.113. The molecule has 5 heteroatoms. The Bertz CT molecular complexity index is 648. The van der Waals surface area contributed by atoms with Gasteiger partial charge in [-0.15, -0.1) is 0 Å². The molecule has 0 aromatic carbocycles. The topological polar surface area (TPSA) is 66.1 Å². The van der Waals surface area contributed by atoms with Gasteiger partial charge in [0.1, 0.15) is 16.5 Å². The first-order valence-corrected chi connectivity index (χ1v) is 6.25. The molecule has 0 spiro atoms. The van der Waals surface area contributed by atoms with Crippen LogP contribution in [0.25, 0.3) is 0 Å². The van der Waals surface area contributed by atoms with E-state index in [1.54, 1.807) is 6.92 Å². The number of furan rings is 1. The molecular formula is C14H14N2O2S. The van der Waals surface area contributed by atoms with Crippen LogP contribution in [0.5, 0.6) is 0 Å². The number of ketones is 1. The minimum absolute atomic E-state index is 0.0701. The highest BCUT2D eigenvalue weighted by Gasteiger charge is 2.34. The number of hydrogen-bond acceptors (Lipinski definition) is 4.